The molecule has 3 aromatic rings. The number of hydrogen-bond acceptors (Lipinski definition) is 7. The van der Waals surface area contributed by atoms with Crippen molar-refractivity contribution >= 4 is 55.3 Å². The highest BCUT2D eigenvalue weighted by molar-refractivity contribution is 8.00. The Hall–Kier alpha value is -2.90. The molecule has 0 radical (unpaired) electrons. The maximum atomic E-state index is 12.8. The van der Waals surface area contributed by atoms with Crippen LogP contribution in [0.5, 0.6) is 0 Å². The number of carboxylic acids is 1. The zero-order chi connectivity index (χ0) is 26.1. The number of fused-ring (bicyclic) bond motifs is 1. The zero-order valence-electron chi connectivity index (χ0n) is 18.4. The first-order valence-corrected chi connectivity index (χ1v) is 14.8. The highest BCUT2D eigenvalue weighted by Gasteiger charge is 2.40. The monoisotopic (exact) mass is 566 g/mol. The Labute approximate surface area is 217 Å². The zero-order valence-corrected chi connectivity index (χ0v) is 21.6. The second-order valence-corrected chi connectivity index (χ2v) is 12.7. The van der Waals surface area contributed by atoms with Gasteiger partial charge in [-0.3, -0.25) is 9.59 Å². The van der Waals surface area contributed by atoms with E-state index in [9.17, 15) is 31.5 Å². The summed E-state index contributed by atoms with van der Waals surface area (Å²) in [6.07, 6.45) is 0. The Morgan fingerprint density at radius 2 is 1.58 bits per heavy atom. The summed E-state index contributed by atoms with van der Waals surface area (Å²) in [4.78, 5) is 24.0. The minimum absolute atomic E-state index is 0.0376. The molecule has 2 N–H and O–H groups in total. The lowest BCUT2D eigenvalue weighted by Crippen LogP contribution is -2.43. The van der Waals surface area contributed by atoms with E-state index in [2.05, 4.69) is 4.72 Å². The number of nitrogens with zero attached hydrogens (tertiary/aromatic N) is 1. The van der Waals surface area contributed by atoms with Gasteiger partial charge in [0.15, 0.2) is 0 Å². The highest BCUT2D eigenvalue weighted by atomic mass is 35.5. The van der Waals surface area contributed by atoms with Crippen molar-refractivity contribution in [1.82, 2.24) is 9.03 Å². The number of hydrogen-bond donors (Lipinski definition) is 2. The van der Waals surface area contributed by atoms with Gasteiger partial charge in [-0.2, -0.15) is 4.72 Å². The van der Waals surface area contributed by atoms with Crippen LogP contribution < -0.4 is 4.72 Å². The minimum atomic E-state index is -4.20. The molecule has 0 aromatic heterocycles. The first-order valence-electron chi connectivity index (χ1n) is 10.4. The summed E-state index contributed by atoms with van der Waals surface area (Å²) in [6, 6.07) is 17.1. The molecule has 0 fully saturated rings. The van der Waals surface area contributed by atoms with Gasteiger partial charge >= 0.3 is 5.97 Å². The van der Waals surface area contributed by atoms with Crippen molar-refractivity contribution in [1.29, 1.82) is 0 Å². The van der Waals surface area contributed by atoms with E-state index < -0.39 is 38.0 Å². The molecule has 1 amide bonds. The summed E-state index contributed by atoms with van der Waals surface area (Å²) >= 11 is 6.69. The number of amides is 1. The minimum Gasteiger partial charge on any atom is -0.480 e. The van der Waals surface area contributed by atoms with Crippen LogP contribution in [0.1, 0.15) is 10.4 Å². The average Bonchev–Trinajstić information content (AvgIpc) is 3.04. The van der Waals surface area contributed by atoms with Crippen LogP contribution in [0.15, 0.2) is 82.6 Å². The molecule has 0 bridgehead atoms. The van der Waals surface area contributed by atoms with Crippen LogP contribution in [0.4, 0.5) is 0 Å². The third-order valence-electron chi connectivity index (χ3n) is 5.34. The third-order valence-corrected chi connectivity index (χ3v) is 10.0. The van der Waals surface area contributed by atoms with E-state index >= 15 is 0 Å². The molecule has 0 saturated carbocycles. The van der Waals surface area contributed by atoms with Gasteiger partial charge in [-0.1, -0.05) is 48.0 Å². The van der Waals surface area contributed by atoms with Gasteiger partial charge in [0.1, 0.15) is 10.9 Å². The largest absolute Gasteiger partial charge is 0.480 e. The number of benzene rings is 3. The lowest BCUT2D eigenvalue weighted by Gasteiger charge is -2.18. The van der Waals surface area contributed by atoms with Gasteiger partial charge in [0.25, 0.3) is 15.9 Å². The van der Waals surface area contributed by atoms with Crippen molar-refractivity contribution < 1.29 is 31.5 Å². The first-order chi connectivity index (χ1) is 17.0. The highest BCUT2D eigenvalue weighted by Crippen LogP contribution is 2.31. The van der Waals surface area contributed by atoms with Gasteiger partial charge in [0.2, 0.25) is 10.0 Å². The van der Waals surface area contributed by atoms with Crippen molar-refractivity contribution in [2.45, 2.75) is 15.8 Å². The summed E-state index contributed by atoms with van der Waals surface area (Å²) in [6.45, 7) is 0. The van der Waals surface area contributed by atoms with Crippen LogP contribution in [0.2, 0.25) is 5.02 Å². The maximum Gasteiger partial charge on any atom is 0.322 e. The van der Waals surface area contributed by atoms with E-state index in [-0.39, 0.29) is 27.0 Å². The van der Waals surface area contributed by atoms with E-state index in [1.54, 1.807) is 42.5 Å². The van der Waals surface area contributed by atoms with E-state index in [0.717, 1.165) is 22.9 Å². The fourth-order valence-corrected chi connectivity index (χ4v) is 7.78. The van der Waals surface area contributed by atoms with Gasteiger partial charge in [-0.15, -0.1) is 11.8 Å². The number of carbonyl (C=O) groups is 2. The topological polar surface area (TPSA) is 138 Å². The number of carboxylic acid groups (broad SMARTS) is 1. The van der Waals surface area contributed by atoms with Crippen LogP contribution in [-0.2, 0) is 24.8 Å². The number of halogens is 1. The third kappa shape index (κ3) is 5.27. The number of rotatable bonds is 9. The predicted octanol–water partition coefficient (Wildman–Crippen LogP) is 3.27. The molecule has 1 aliphatic rings. The van der Waals surface area contributed by atoms with Crippen molar-refractivity contribution in [3.63, 3.8) is 0 Å². The number of aliphatic carboxylic acids is 1. The number of thioether (sulfide) groups is 1. The van der Waals surface area contributed by atoms with Crippen molar-refractivity contribution in [3.05, 3.63) is 83.4 Å². The van der Waals surface area contributed by atoms with Gasteiger partial charge in [0, 0.05) is 10.8 Å². The Kier molecular flexibility index (Phi) is 7.43. The summed E-state index contributed by atoms with van der Waals surface area (Å²) < 4.78 is 53.6. The molecular weight excluding hydrogens is 548 g/mol. The molecule has 1 heterocycles. The van der Waals surface area contributed by atoms with Gasteiger partial charge in [-0.05, 0) is 47.5 Å². The van der Waals surface area contributed by atoms with Crippen LogP contribution in [0.3, 0.4) is 0 Å². The molecule has 4 rings (SSSR count). The Morgan fingerprint density at radius 3 is 2.17 bits per heavy atom. The molecule has 0 aliphatic carbocycles. The predicted molar refractivity (Wildman–Crippen MR) is 136 cm³/mol. The molecule has 0 unspecified atom stereocenters. The van der Waals surface area contributed by atoms with Crippen LogP contribution in [0.25, 0.3) is 11.1 Å². The molecule has 3 aromatic carbocycles. The number of nitrogens with one attached hydrogen (secondary N) is 1. The first kappa shape index (κ1) is 26.2. The molecule has 36 heavy (non-hydrogen) atoms. The molecule has 188 valence electrons. The van der Waals surface area contributed by atoms with Crippen molar-refractivity contribution in [2.75, 3.05) is 11.6 Å². The van der Waals surface area contributed by atoms with E-state index in [0.29, 0.717) is 9.33 Å². The summed E-state index contributed by atoms with van der Waals surface area (Å²) in [5.41, 5.74) is 1.61. The van der Waals surface area contributed by atoms with Crippen LogP contribution in [0, 0.1) is 0 Å². The van der Waals surface area contributed by atoms with E-state index in [4.69, 9.17) is 11.6 Å². The number of carbonyl (C=O) groups excluding carboxylic acids is 1. The lowest BCUT2D eigenvalue weighted by atomic mass is 10.1. The fourth-order valence-electron chi connectivity index (χ4n) is 3.49. The lowest BCUT2D eigenvalue weighted by molar-refractivity contribution is -0.138. The molecule has 1 atom stereocenters. The Balaban J connectivity index is 1.42. The van der Waals surface area contributed by atoms with E-state index in [1.165, 1.54) is 30.3 Å². The van der Waals surface area contributed by atoms with Crippen LogP contribution in [-0.4, -0.2) is 55.8 Å². The van der Waals surface area contributed by atoms with Crippen molar-refractivity contribution in [2.24, 2.45) is 0 Å². The Bertz CT molecular complexity index is 1520. The fraction of sp³-hybridized carbons (Fsp3) is 0.130. The van der Waals surface area contributed by atoms with Crippen molar-refractivity contribution in [3.8, 4) is 11.1 Å². The molecular formula is C23H19ClN2O7S3. The standard InChI is InChI=1S/C23H19ClN2O7S3/c24-17-9-5-15(6-10-17)16-7-11-18(12-8-16)35(30,31)25-20(23(28)29)13-34-14-26-22(27)19-3-1-2-4-21(19)36(26,32)33/h1-12,20,25H,13-14H2,(H,28,29)/t20-/m1/s1. The van der Waals surface area contributed by atoms with Gasteiger partial charge in [0.05, 0.1) is 16.3 Å². The SMILES string of the molecule is O=C(O)[C@@H](CSCN1C(=O)c2ccccc2S1(=O)=O)NS(=O)(=O)c1ccc(-c2ccc(Cl)cc2)cc1. The quantitative estimate of drug-likeness (QED) is 0.402. The summed E-state index contributed by atoms with van der Waals surface area (Å²) in [5.74, 6) is -2.83. The van der Waals surface area contributed by atoms with E-state index in [1.807, 2.05) is 0 Å². The molecule has 0 saturated heterocycles. The second-order valence-electron chi connectivity index (χ2n) is 7.70. The molecule has 9 nitrogen and oxygen atoms in total. The molecule has 13 heteroatoms. The van der Waals surface area contributed by atoms with Gasteiger partial charge in [-0.25, -0.2) is 21.1 Å². The second kappa shape index (κ2) is 10.2. The smallest absolute Gasteiger partial charge is 0.322 e. The molecule has 0 spiro atoms. The summed E-state index contributed by atoms with van der Waals surface area (Å²) in [5, 5.41) is 10.1. The normalized spacial score (nSPS) is 15.5. The average molecular weight is 567 g/mol. The Morgan fingerprint density at radius 1 is 1.00 bits per heavy atom. The van der Waals surface area contributed by atoms with Gasteiger partial charge < -0.3 is 5.11 Å². The summed E-state index contributed by atoms with van der Waals surface area (Å²) in [7, 11) is -8.25. The molecule has 1 aliphatic heterocycles. The maximum absolute atomic E-state index is 12.8. The number of sulfonamides is 2. The van der Waals surface area contributed by atoms with Crippen LogP contribution >= 0.6 is 23.4 Å².